The van der Waals surface area contributed by atoms with Crippen LogP contribution < -0.4 is 4.74 Å². The van der Waals surface area contributed by atoms with Gasteiger partial charge in [-0.15, -0.1) is 0 Å². The molecule has 1 aliphatic rings. The van der Waals surface area contributed by atoms with Crippen molar-refractivity contribution in [3.05, 3.63) is 21.8 Å². The fourth-order valence-corrected chi connectivity index (χ4v) is 1.86. The molecule has 1 aromatic heterocycles. The maximum Gasteiger partial charge on any atom is 0.233 e. The molecule has 0 atom stereocenters. The summed E-state index contributed by atoms with van der Waals surface area (Å²) >= 11 is 11.6. The van der Waals surface area contributed by atoms with Gasteiger partial charge in [0.2, 0.25) is 5.88 Å². The van der Waals surface area contributed by atoms with Crippen LogP contribution in [0.5, 0.6) is 5.88 Å². The Morgan fingerprint density at radius 2 is 2.12 bits per heavy atom. The third-order valence-electron chi connectivity index (χ3n) is 2.47. The summed E-state index contributed by atoms with van der Waals surface area (Å²) in [6, 6.07) is 3.46. The smallest absolute Gasteiger partial charge is 0.233 e. The highest BCUT2D eigenvalue weighted by Gasteiger charge is 2.19. The van der Waals surface area contributed by atoms with Crippen LogP contribution in [0.3, 0.4) is 0 Å². The van der Waals surface area contributed by atoms with Crippen LogP contribution in [0.15, 0.2) is 6.07 Å². The predicted molar refractivity (Wildman–Crippen MR) is 63.4 cm³/mol. The molecule has 0 unspecified atom stereocenters. The molecule has 6 heteroatoms. The second-order valence-electron chi connectivity index (χ2n) is 3.66. The summed E-state index contributed by atoms with van der Waals surface area (Å²) in [6.07, 6.45) is 1.58. The second-order valence-corrected chi connectivity index (χ2v) is 4.42. The highest BCUT2D eigenvalue weighted by Crippen LogP contribution is 2.28. The minimum Gasteiger partial charge on any atom is -0.473 e. The third-order valence-corrected chi connectivity index (χ3v) is 3.14. The van der Waals surface area contributed by atoms with Crippen molar-refractivity contribution in [3.8, 4) is 11.9 Å². The zero-order valence-electron chi connectivity index (χ0n) is 8.95. The molecule has 0 saturated carbocycles. The average Bonchev–Trinajstić information content (AvgIpc) is 2.35. The fraction of sp³-hybridized carbons (Fsp3) is 0.455. The van der Waals surface area contributed by atoms with Crippen LogP contribution in [-0.4, -0.2) is 24.3 Å². The monoisotopic (exact) mass is 272 g/mol. The van der Waals surface area contributed by atoms with Gasteiger partial charge in [0.15, 0.2) is 5.15 Å². The Labute approximate surface area is 109 Å². The first-order valence-electron chi connectivity index (χ1n) is 5.21. The van der Waals surface area contributed by atoms with E-state index in [2.05, 4.69) is 4.98 Å². The van der Waals surface area contributed by atoms with Crippen molar-refractivity contribution in [2.45, 2.75) is 18.9 Å². The summed E-state index contributed by atoms with van der Waals surface area (Å²) in [7, 11) is 0. The molecular formula is C11H10Cl2N2O2. The predicted octanol–water partition coefficient (Wildman–Crippen LogP) is 2.82. The highest BCUT2D eigenvalue weighted by atomic mass is 35.5. The molecule has 0 N–H and O–H groups in total. The molecule has 1 aromatic rings. The van der Waals surface area contributed by atoms with Crippen LogP contribution in [0.1, 0.15) is 18.4 Å². The van der Waals surface area contributed by atoms with Gasteiger partial charge in [0.25, 0.3) is 0 Å². The largest absolute Gasteiger partial charge is 0.473 e. The van der Waals surface area contributed by atoms with Crippen molar-refractivity contribution < 1.29 is 9.47 Å². The van der Waals surface area contributed by atoms with Crippen LogP contribution in [0.2, 0.25) is 10.2 Å². The number of halogens is 2. The summed E-state index contributed by atoms with van der Waals surface area (Å²) < 4.78 is 10.9. The molecule has 0 amide bonds. The van der Waals surface area contributed by atoms with Crippen LogP contribution in [0, 0.1) is 11.3 Å². The van der Waals surface area contributed by atoms with E-state index in [0.29, 0.717) is 18.8 Å². The molecule has 2 heterocycles. The summed E-state index contributed by atoms with van der Waals surface area (Å²) in [6.45, 7) is 1.32. The Bertz CT molecular complexity index is 454. The van der Waals surface area contributed by atoms with E-state index >= 15 is 0 Å². The van der Waals surface area contributed by atoms with Gasteiger partial charge in [0.1, 0.15) is 17.7 Å². The molecule has 0 spiro atoms. The number of ether oxygens (including phenoxy) is 2. The molecule has 1 fully saturated rings. The number of pyridine rings is 1. The molecule has 17 heavy (non-hydrogen) atoms. The van der Waals surface area contributed by atoms with Crippen LogP contribution in [0.25, 0.3) is 0 Å². The number of nitriles is 1. The van der Waals surface area contributed by atoms with Crippen molar-refractivity contribution >= 4 is 23.2 Å². The van der Waals surface area contributed by atoms with Crippen LogP contribution in [0.4, 0.5) is 0 Å². The Hall–Kier alpha value is -1.02. The van der Waals surface area contributed by atoms with Crippen molar-refractivity contribution in [1.82, 2.24) is 4.98 Å². The summed E-state index contributed by atoms with van der Waals surface area (Å²) in [4.78, 5) is 3.99. The van der Waals surface area contributed by atoms with E-state index in [9.17, 15) is 0 Å². The molecule has 0 bridgehead atoms. The third kappa shape index (κ3) is 3.01. The van der Waals surface area contributed by atoms with E-state index in [-0.39, 0.29) is 22.2 Å². The van der Waals surface area contributed by atoms with E-state index in [4.69, 9.17) is 37.9 Å². The number of aromatic nitrogens is 1. The normalized spacial score (nSPS) is 16.5. The number of nitrogens with zero attached hydrogens (tertiary/aromatic N) is 2. The molecule has 0 aliphatic carbocycles. The Kier molecular flexibility index (Phi) is 4.06. The molecule has 1 aliphatic heterocycles. The molecule has 90 valence electrons. The lowest BCUT2D eigenvalue weighted by molar-refractivity contribution is 0.0236. The minimum atomic E-state index is 0.0144. The first-order chi connectivity index (χ1) is 8.20. The standard InChI is InChI=1S/C11H10Cl2N2O2/c12-9-5-7(6-14)11(15-10(9)13)17-8-1-3-16-4-2-8/h5,8H,1-4H2. The first-order valence-corrected chi connectivity index (χ1v) is 5.97. The summed E-state index contributed by atoms with van der Waals surface area (Å²) in [5.74, 6) is 0.244. The van der Waals surface area contributed by atoms with Crippen LogP contribution >= 0.6 is 23.2 Å². The van der Waals surface area contributed by atoms with Crippen molar-refractivity contribution in [3.63, 3.8) is 0 Å². The zero-order chi connectivity index (χ0) is 12.3. The summed E-state index contributed by atoms with van der Waals surface area (Å²) in [5, 5.41) is 9.37. The van der Waals surface area contributed by atoms with E-state index in [1.165, 1.54) is 6.07 Å². The maximum absolute atomic E-state index is 8.97. The van der Waals surface area contributed by atoms with Crippen LogP contribution in [-0.2, 0) is 4.74 Å². The SMILES string of the molecule is N#Cc1cc(Cl)c(Cl)nc1OC1CCOCC1. The van der Waals surface area contributed by atoms with Crippen molar-refractivity contribution in [1.29, 1.82) is 5.26 Å². The number of hydrogen-bond acceptors (Lipinski definition) is 4. The van der Waals surface area contributed by atoms with Gasteiger partial charge >= 0.3 is 0 Å². The molecule has 4 nitrogen and oxygen atoms in total. The maximum atomic E-state index is 8.97. The van der Waals surface area contributed by atoms with Crippen molar-refractivity contribution in [2.75, 3.05) is 13.2 Å². The first kappa shape index (κ1) is 12.4. The average molecular weight is 273 g/mol. The van der Waals surface area contributed by atoms with Gasteiger partial charge in [-0.1, -0.05) is 23.2 Å². The lowest BCUT2D eigenvalue weighted by Crippen LogP contribution is -2.26. The van der Waals surface area contributed by atoms with Gasteiger partial charge in [0.05, 0.1) is 18.2 Å². The Morgan fingerprint density at radius 3 is 2.76 bits per heavy atom. The highest BCUT2D eigenvalue weighted by molar-refractivity contribution is 6.41. The van der Waals surface area contributed by atoms with E-state index < -0.39 is 0 Å². The van der Waals surface area contributed by atoms with Gasteiger partial charge in [-0.25, -0.2) is 0 Å². The zero-order valence-corrected chi connectivity index (χ0v) is 10.5. The number of rotatable bonds is 2. The van der Waals surface area contributed by atoms with Gasteiger partial charge in [0, 0.05) is 12.8 Å². The minimum absolute atomic E-state index is 0.0144. The van der Waals surface area contributed by atoms with Crippen molar-refractivity contribution in [2.24, 2.45) is 0 Å². The van der Waals surface area contributed by atoms with Gasteiger partial charge in [-0.3, -0.25) is 0 Å². The van der Waals surface area contributed by atoms with Gasteiger partial charge in [-0.05, 0) is 6.07 Å². The fourth-order valence-electron chi connectivity index (χ4n) is 1.57. The topological polar surface area (TPSA) is 55.1 Å². The Balaban J connectivity index is 2.19. The molecule has 1 saturated heterocycles. The number of hydrogen-bond donors (Lipinski definition) is 0. The molecular weight excluding hydrogens is 263 g/mol. The quantitative estimate of drug-likeness (QED) is 0.777. The lowest BCUT2D eigenvalue weighted by Gasteiger charge is -2.23. The second kappa shape index (κ2) is 5.54. The van der Waals surface area contributed by atoms with E-state index in [1.807, 2.05) is 6.07 Å². The van der Waals surface area contributed by atoms with Gasteiger partial charge < -0.3 is 9.47 Å². The molecule has 0 aromatic carbocycles. The summed E-state index contributed by atoms with van der Waals surface area (Å²) in [5.41, 5.74) is 0.297. The Morgan fingerprint density at radius 1 is 1.41 bits per heavy atom. The van der Waals surface area contributed by atoms with E-state index in [1.54, 1.807) is 0 Å². The molecule has 0 radical (unpaired) electrons. The van der Waals surface area contributed by atoms with E-state index in [0.717, 1.165) is 12.8 Å². The van der Waals surface area contributed by atoms with Gasteiger partial charge in [-0.2, -0.15) is 10.2 Å². The molecule has 2 rings (SSSR count). The lowest BCUT2D eigenvalue weighted by atomic mass is 10.1.